The molecule has 0 heterocycles. The Bertz CT molecular complexity index is 695. The van der Waals surface area contributed by atoms with Crippen LogP contribution in [0.4, 0.5) is 0 Å². The Morgan fingerprint density at radius 1 is 1.13 bits per heavy atom. The number of carbonyl (C=O) groups excluding carboxylic acids is 1. The summed E-state index contributed by atoms with van der Waals surface area (Å²) in [5, 5.41) is 3.02. The van der Waals surface area contributed by atoms with Gasteiger partial charge in [-0.2, -0.15) is 0 Å². The molecule has 23 heavy (non-hydrogen) atoms. The Kier molecular flexibility index (Phi) is 6.11. The number of hydrogen-bond donors (Lipinski definition) is 1. The molecule has 0 bridgehead atoms. The lowest BCUT2D eigenvalue weighted by atomic mass is 10.0. The molecule has 0 radical (unpaired) electrons. The standard InChI is InChI=1S/C19H23NO2S/c1-4-15-8-10-17(11-9-15)14(2)20-19(21)18-7-5-6-16(12-18)13-23(3)22/h5-12,14H,4,13H2,1-3H3,(H,20,21). The van der Waals surface area contributed by atoms with Gasteiger partial charge >= 0.3 is 0 Å². The number of benzene rings is 2. The van der Waals surface area contributed by atoms with E-state index in [1.807, 2.05) is 25.1 Å². The smallest absolute Gasteiger partial charge is 0.251 e. The number of aryl methyl sites for hydroxylation is 1. The topological polar surface area (TPSA) is 46.2 Å². The van der Waals surface area contributed by atoms with Crippen molar-refractivity contribution >= 4 is 16.7 Å². The Hall–Kier alpha value is -1.94. The van der Waals surface area contributed by atoms with Crippen molar-refractivity contribution < 1.29 is 9.00 Å². The fraction of sp³-hybridized carbons (Fsp3) is 0.316. The Morgan fingerprint density at radius 2 is 1.83 bits per heavy atom. The van der Waals surface area contributed by atoms with Gasteiger partial charge in [0.05, 0.1) is 6.04 Å². The lowest BCUT2D eigenvalue weighted by molar-refractivity contribution is 0.0940. The minimum absolute atomic E-state index is 0.0580. The van der Waals surface area contributed by atoms with Crippen LogP contribution < -0.4 is 5.32 Å². The molecule has 0 spiro atoms. The molecule has 0 aromatic heterocycles. The molecule has 2 atom stereocenters. The van der Waals surface area contributed by atoms with Gasteiger partial charge in [-0.15, -0.1) is 0 Å². The lowest BCUT2D eigenvalue weighted by Gasteiger charge is -2.15. The third kappa shape index (κ3) is 5.03. The lowest BCUT2D eigenvalue weighted by Crippen LogP contribution is -2.26. The van der Waals surface area contributed by atoms with E-state index in [4.69, 9.17) is 0 Å². The summed E-state index contributed by atoms with van der Waals surface area (Å²) in [5.74, 6) is 0.357. The number of amides is 1. The van der Waals surface area contributed by atoms with E-state index in [1.54, 1.807) is 12.3 Å². The van der Waals surface area contributed by atoms with Crippen molar-refractivity contribution in [2.75, 3.05) is 6.26 Å². The quantitative estimate of drug-likeness (QED) is 0.880. The highest BCUT2D eigenvalue weighted by Crippen LogP contribution is 2.15. The third-order valence-corrected chi connectivity index (χ3v) is 4.53. The van der Waals surface area contributed by atoms with Crippen molar-refractivity contribution in [3.63, 3.8) is 0 Å². The van der Waals surface area contributed by atoms with Gasteiger partial charge in [0.1, 0.15) is 0 Å². The first-order chi connectivity index (χ1) is 11.0. The van der Waals surface area contributed by atoms with Gasteiger partial charge in [-0.1, -0.05) is 43.3 Å². The molecule has 3 nitrogen and oxygen atoms in total. The van der Waals surface area contributed by atoms with E-state index in [9.17, 15) is 9.00 Å². The largest absolute Gasteiger partial charge is 0.346 e. The van der Waals surface area contributed by atoms with Crippen LogP contribution in [-0.2, 0) is 23.0 Å². The number of rotatable bonds is 6. The van der Waals surface area contributed by atoms with Gasteiger partial charge in [-0.25, -0.2) is 0 Å². The molecular weight excluding hydrogens is 306 g/mol. The van der Waals surface area contributed by atoms with Crippen LogP contribution in [0, 0.1) is 0 Å². The molecule has 0 saturated carbocycles. The molecule has 0 aliphatic heterocycles. The highest BCUT2D eigenvalue weighted by Gasteiger charge is 2.12. The molecule has 122 valence electrons. The number of hydrogen-bond acceptors (Lipinski definition) is 2. The fourth-order valence-electron chi connectivity index (χ4n) is 2.44. The van der Waals surface area contributed by atoms with Crippen LogP contribution in [0.3, 0.4) is 0 Å². The molecule has 0 saturated heterocycles. The Labute approximate surface area is 140 Å². The predicted molar refractivity (Wildman–Crippen MR) is 95.9 cm³/mol. The summed E-state index contributed by atoms with van der Waals surface area (Å²) in [5.41, 5.74) is 3.89. The summed E-state index contributed by atoms with van der Waals surface area (Å²) >= 11 is 0. The third-order valence-electron chi connectivity index (χ3n) is 3.79. The zero-order valence-corrected chi connectivity index (χ0v) is 14.7. The van der Waals surface area contributed by atoms with Crippen molar-refractivity contribution in [2.24, 2.45) is 0 Å². The molecular formula is C19H23NO2S. The van der Waals surface area contributed by atoms with Crippen LogP contribution in [0.25, 0.3) is 0 Å². The van der Waals surface area contributed by atoms with Crippen molar-refractivity contribution in [3.05, 3.63) is 70.8 Å². The van der Waals surface area contributed by atoms with E-state index in [0.29, 0.717) is 11.3 Å². The van der Waals surface area contributed by atoms with Crippen LogP contribution in [-0.4, -0.2) is 16.4 Å². The SMILES string of the molecule is CCc1ccc(C(C)NC(=O)c2cccc(CS(C)=O)c2)cc1. The molecule has 1 N–H and O–H groups in total. The van der Waals surface area contributed by atoms with Gasteiger partial charge in [-0.05, 0) is 42.2 Å². The van der Waals surface area contributed by atoms with Crippen LogP contribution in [0.2, 0.25) is 0 Å². The summed E-state index contributed by atoms with van der Waals surface area (Å²) in [7, 11) is -0.913. The van der Waals surface area contributed by atoms with Crippen molar-refractivity contribution in [3.8, 4) is 0 Å². The summed E-state index contributed by atoms with van der Waals surface area (Å²) in [6.45, 7) is 4.10. The highest BCUT2D eigenvalue weighted by atomic mass is 32.2. The second kappa shape index (κ2) is 8.06. The maximum atomic E-state index is 12.4. The molecule has 1 amide bonds. The first-order valence-corrected chi connectivity index (χ1v) is 9.51. The maximum Gasteiger partial charge on any atom is 0.251 e. The Morgan fingerprint density at radius 3 is 2.43 bits per heavy atom. The minimum atomic E-state index is -0.913. The van der Waals surface area contributed by atoms with Gasteiger partial charge < -0.3 is 5.32 Å². The van der Waals surface area contributed by atoms with Crippen LogP contribution >= 0.6 is 0 Å². The first kappa shape index (κ1) is 17.4. The van der Waals surface area contributed by atoms with Gasteiger partial charge in [0, 0.05) is 28.4 Å². The number of nitrogens with one attached hydrogen (secondary N) is 1. The predicted octanol–water partition coefficient (Wildman–Crippen LogP) is 3.62. The van der Waals surface area contributed by atoms with Crippen LogP contribution in [0.5, 0.6) is 0 Å². The van der Waals surface area contributed by atoms with E-state index in [2.05, 4.69) is 36.5 Å². The molecule has 2 unspecified atom stereocenters. The van der Waals surface area contributed by atoms with Crippen molar-refractivity contribution in [2.45, 2.75) is 32.1 Å². The molecule has 2 aromatic rings. The summed E-state index contributed by atoms with van der Waals surface area (Å²) in [6, 6.07) is 15.6. The highest BCUT2D eigenvalue weighted by molar-refractivity contribution is 7.83. The second-order valence-corrected chi connectivity index (χ2v) is 7.14. The average Bonchev–Trinajstić information content (AvgIpc) is 2.54. The molecule has 2 rings (SSSR count). The van der Waals surface area contributed by atoms with E-state index >= 15 is 0 Å². The van der Waals surface area contributed by atoms with Crippen LogP contribution in [0.15, 0.2) is 48.5 Å². The molecule has 0 fully saturated rings. The summed E-state index contributed by atoms with van der Waals surface area (Å²) < 4.78 is 11.3. The Balaban J connectivity index is 2.06. The second-order valence-electron chi connectivity index (χ2n) is 5.71. The zero-order chi connectivity index (χ0) is 16.8. The van der Waals surface area contributed by atoms with Crippen molar-refractivity contribution in [1.82, 2.24) is 5.32 Å². The van der Waals surface area contributed by atoms with Gasteiger partial charge in [0.25, 0.3) is 5.91 Å². The van der Waals surface area contributed by atoms with Crippen molar-refractivity contribution in [1.29, 1.82) is 0 Å². The van der Waals surface area contributed by atoms with E-state index in [-0.39, 0.29) is 11.9 Å². The molecule has 0 aliphatic carbocycles. The minimum Gasteiger partial charge on any atom is -0.346 e. The number of carbonyl (C=O) groups is 1. The average molecular weight is 329 g/mol. The van der Waals surface area contributed by atoms with Crippen LogP contribution in [0.1, 0.15) is 46.9 Å². The monoisotopic (exact) mass is 329 g/mol. The maximum absolute atomic E-state index is 12.4. The molecule has 0 aliphatic rings. The van der Waals surface area contributed by atoms with E-state index < -0.39 is 10.8 Å². The summed E-state index contributed by atoms with van der Waals surface area (Å²) in [4.78, 5) is 12.4. The first-order valence-electron chi connectivity index (χ1n) is 7.78. The van der Waals surface area contributed by atoms with E-state index in [1.165, 1.54) is 5.56 Å². The molecule has 2 aromatic carbocycles. The molecule has 4 heteroatoms. The normalized spacial score (nSPS) is 13.3. The van der Waals surface area contributed by atoms with E-state index in [0.717, 1.165) is 17.5 Å². The zero-order valence-electron chi connectivity index (χ0n) is 13.8. The van der Waals surface area contributed by atoms with Gasteiger partial charge in [-0.3, -0.25) is 9.00 Å². The fourth-order valence-corrected chi connectivity index (χ4v) is 3.09. The summed E-state index contributed by atoms with van der Waals surface area (Å²) in [6.07, 6.45) is 2.67. The van der Waals surface area contributed by atoms with Gasteiger partial charge in [0.2, 0.25) is 0 Å². The van der Waals surface area contributed by atoms with Gasteiger partial charge in [0.15, 0.2) is 0 Å².